The first-order valence-electron chi connectivity index (χ1n) is 1.91. The fourth-order valence-electron chi connectivity index (χ4n) is 0.342. The number of benzene rings is 1. The molecule has 0 saturated carbocycles. The van der Waals surface area contributed by atoms with E-state index in [-0.39, 0.29) is 46.0 Å². The van der Waals surface area contributed by atoms with Crippen LogP contribution in [0.2, 0.25) is 0 Å². The van der Waals surface area contributed by atoms with Crippen molar-refractivity contribution in [1.82, 2.24) is 0 Å². The van der Waals surface area contributed by atoms with Gasteiger partial charge >= 0.3 is 31.1 Å². The summed E-state index contributed by atoms with van der Waals surface area (Å²) in [5.74, 6) is 0. The van der Waals surface area contributed by atoms with Crippen LogP contribution in [0.4, 0.5) is 0 Å². The maximum atomic E-state index is 2.89. The van der Waals surface area contributed by atoms with Gasteiger partial charge < -0.3 is 14.9 Å². The van der Waals surface area contributed by atoms with Crippen LogP contribution in [0.15, 0.2) is 30.3 Å². The third-order valence-corrected chi connectivity index (χ3v) is 0.607. The topological polar surface area (TPSA) is 0 Å². The van der Waals surface area contributed by atoms with E-state index in [0.717, 1.165) is 0 Å². The van der Waals surface area contributed by atoms with E-state index >= 15 is 0 Å². The summed E-state index contributed by atoms with van der Waals surface area (Å²) in [6.45, 7) is 0. The molecule has 0 heterocycles. The number of hydrogen-bond acceptors (Lipinski definition) is 0. The second-order valence-corrected chi connectivity index (χ2v) is 1.08. The summed E-state index contributed by atoms with van der Waals surface area (Å²) >= 11 is 0. The molecule has 0 aliphatic rings. The molecule has 0 spiro atoms. The Labute approximate surface area is 82.1 Å². The van der Waals surface area contributed by atoms with Gasteiger partial charge in [0.05, 0.1) is 0 Å². The van der Waals surface area contributed by atoms with E-state index in [0.29, 0.717) is 0 Å². The normalized spacial score (nSPS) is 5.33. The molecule has 1 heteroatoms. The van der Waals surface area contributed by atoms with Gasteiger partial charge in [-0.2, -0.15) is 36.4 Å². The predicted octanol–water partition coefficient (Wildman–Crippen LogP) is 2.39. The van der Waals surface area contributed by atoms with Crippen molar-refractivity contribution < 1.29 is 31.1 Å². The molecule has 0 N–H and O–H groups in total. The van der Waals surface area contributed by atoms with Crippen LogP contribution in [0.1, 0.15) is 0 Å². The first kappa shape index (κ1) is 16.1. The molecule has 0 fully saturated rings. The van der Waals surface area contributed by atoms with Crippen LogP contribution in [0.5, 0.6) is 0 Å². The van der Waals surface area contributed by atoms with Gasteiger partial charge in [0, 0.05) is 0 Å². The van der Waals surface area contributed by atoms with Crippen LogP contribution in [0, 0.1) is 52.0 Å². The average Bonchev–Trinajstić information content (AvgIpc) is 1.72. The molecule has 0 unspecified atom stereocenters. The van der Waals surface area contributed by atoms with Crippen molar-refractivity contribution in [2.75, 3.05) is 0 Å². The Hall–Kier alpha value is 0.272. The zero-order valence-electron chi connectivity index (χ0n) is 5.89. The van der Waals surface area contributed by atoms with Crippen LogP contribution < -0.4 is 0 Å². The van der Waals surface area contributed by atoms with Crippen molar-refractivity contribution in [2.45, 2.75) is 0 Å². The Morgan fingerprint density at radius 3 is 1.33 bits per heavy atom. The molecule has 0 atom stereocenters. The van der Waals surface area contributed by atoms with Crippen molar-refractivity contribution in [3.8, 4) is 0 Å². The molecule has 47 valence electrons. The molecule has 1 aromatic rings. The summed E-state index contributed by atoms with van der Waals surface area (Å²) in [6.07, 6.45) is 0. The third kappa shape index (κ3) is 8.27. The molecule has 1 radical (unpaired) electrons. The number of hydrogen-bond donors (Lipinski definition) is 0. The smallest absolute Gasteiger partial charge is 0.358 e. The van der Waals surface area contributed by atoms with Gasteiger partial charge in [0.2, 0.25) is 0 Å². The van der Waals surface area contributed by atoms with E-state index in [9.17, 15) is 0 Å². The number of rotatable bonds is 0. The molecule has 1 rings (SSSR count). The van der Waals surface area contributed by atoms with Gasteiger partial charge in [0.15, 0.2) is 0 Å². The van der Waals surface area contributed by atoms with Crippen LogP contribution in [0.25, 0.3) is 0 Å². The minimum atomic E-state index is 0. The molecule has 1 aromatic carbocycles. The van der Waals surface area contributed by atoms with Gasteiger partial charge in [-0.25, -0.2) is 0 Å². The maximum Gasteiger partial charge on any atom is 3.00 e. The second-order valence-electron chi connectivity index (χ2n) is 1.08. The summed E-state index contributed by atoms with van der Waals surface area (Å²) in [5.41, 5.74) is 0. The van der Waals surface area contributed by atoms with Gasteiger partial charge in [-0.1, -0.05) is 0 Å². The van der Waals surface area contributed by atoms with Gasteiger partial charge in [-0.15, -0.1) is 0 Å². The van der Waals surface area contributed by atoms with Crippen molar-refractivity contribution >= 4 is 0 Å². The fourth-order valence-corrected chi connectivity index (χ4v) is 0.342. The van der Waals surface area contributed by atoms with Crippen molar-refractivity contribution in [1.29, 1.82) is 0 Å². The fraction of sp³-hybridized carbons (Fsp3) is 0. The van der Waals surface area contributed by atoms with E-state index in [4.69, 9.17) is 0 Å². The summed E-state index contributed by atoms with van der Waals surface area (Å²) in [7, 11) is 0. The molecular weight excluding hydrogens is 334 g/mol. The molecule has 0 aliphatic carbocycles. The van der Waals surface area contributed by atoms with E-state index in [2.05, 4.69) is 6.07 Å². The van der Waals surface area contributed by atoms with Crippen LogP contribution in [-0.4, -0.2) is 0 Å². The van der Waals surface area contributed by atoms with E-state index in [1.165, 1.54) is 0 Å². The van der Waals surface area contributed by atoms with Gasteiger partial charge in [-0.3, -0.25) is 0 Å². The van der Waals surface area contributed by atoms with Crippen LogP contribution in [0.3, 0.4) is 0 Å². The van der Waals surface area contributed by atoms with Crippen LogP contribution >= 0.6 is 0 Å². The van der Waals surface area contributed by atoms with Crippen LogP contribution in [-0.2, 0) is 0 Å². The Bertz CT molecular complexity index is 76.5. The molecule has 0 saturated heterocycles. The third-order valence-electron chi connectivity index (χ3n) is 0.607. The Morgan fingerprint density at radius 2 is 1.22 bits per heavy atom. The standard InChI is InChI=1S/C6H5.2CH3.U/c1-2-4-6-5-3-1;;;/h1-5H;2*1H3;/q3*-1;+3. The average molecular weight is 345 g/mol. The van der Waals surface area contributed by atoms with Crippen molar-refractivity contribution in [3.05, 3.63) is 51.3 Å². The summed E-state index contributed by atoms with van der Waals surface area (Å²) in [4.78, 5) is 0. The zero-order chi connectivity index (χ0) is 4.24. The first-order valence-corrected chi connectivity index (χ1v) is 1.91. The van der Waals surface area contributed by atoms with E-state index < -0.39 is 0 Å². The monoisotopic (exact) mass is 345 g/mol. The van der Waals surface area contributed by atoms with Crippen molar-refractivity contribution in [3.63, 3.8) is 0 Å². The molecule has 0 aromatic heterocycles. The summed E-state index contributed by atoms with van der Waals surface area (Å²) in [5, 5.41) is 0. The molecule has 0 aliphatic heterocycles. The Kier molecular flexibility index (Phi) is 19.9. The Balaban J connectivity index is -0.000000120. The molecule has 0 nitrogen and oxygen atoms in total. The maximum absolute atomic E-state index is 2.89. The Morgan fingerprint density at radius 1 is 0.778 bits per heavy atom. The van der Waals surface area contributed by atoms with Gasteiger partial charge in [0.1, 0.15) is 0 Å². The summed E-state index contributed by atoms with van der Waals surface area (Å²) in [6, 6.07) is 12.5. The minimum Gasteiger partial charge on any atom is -0.358 e. The molecule has 9 heavy (non-hydrogen) atoms. The summed E-state index contributed by atoms with van der Waals surface area (Å²) < 4.78 is 0. The van der Waals surface area contributed by atoms with Crippen molar-refractivity contribution in [2.24, 2.45) is 0 Å². The zero-order valence-corrected chi connectivity index (χ0v) is 10.1. The molecular formula is C8H11U. The van der Waals surface area contributed by atoms with E-state index in [1.807, 2.05) is 30.3 Å². The minimum absolute atomic E-state index is 0. The van der Waals surface area contributed by atoms with E-state index in [1.54, 1.807) is 0 Å². The van der Waals surface area contributed by atoms with Gasteiger partial charge in [0.25, 0.3) is 0 Å². The quantitative estimate of drug-likeness (QED) is 0.634. The van der Waals surface area contributed by atoms with Gasteiger partial charge in [-0.05, 0) is 0 Å². The predicted molar refractivity (Wildman–Crippen MR) is 38.1 cm³/mol. The largest absolute Gasteiger partial charge is 3.00 e. The SMILES string of the molecule is [CH3-].[CH3-].[U+3].[c-]1ccccc1. The second kappa shape index (κ2) is 11.1. The molecule has 0 amide bonds. The molecule has 0 bridgehead atoms. The first-order chi connectivity index (χ1) is 3.00.